The first kappa shape index (κ1) is 24.5. The predicted molar refractivity (Wildman–Crippen MR) is 122 cm³/mol. The molecular weight excluding hydrogens is 433 g/mol. The fraction of sp³-hybridized carbons (Fsp3) is 0.667. The van der Waals surface area contributed by atoms with E-state index in [2.05, 4.69) is 15.5 Å². The molecule has 0 bridgehead atoms. The number of piperidine rings is 2. The molecule has 1 aromatic rings. The summed E-state index contributed by atoms with van der Waals surface area (Å²) in [6.07, 6.45) is 5.50. The summed E-state index contributed by atoms with van der Waals surface area (Å²) in [5.74, 6) is 1.43. The molecule has 1 saturated carbocycles. The number of nitrogens with one attached hydrogen (secondary N) is 2. The van der Waals surface area contributed by atoms with Gasteiger partial charge in [-0.15, -0.1) is 24.8 Å². The van der Waals surface area contributed by atoms with Crippen LogP contribution in [0, 0.1) is 11.3 Å². The van der Waals surface area contributed by atoms with E-state index < -0.39 is 0 Å². The minimum atomic E-state index is 0. The average molecular weight is 465 g/mol. The third kappa shape index (κ3) is 6.38. The molecule has 29 heavy (non-hydrogen) atoms. The number of benzene rings is 1. The smallest absolute Gasteiger partial charge is 0.223 e. The van der Waals surface area contributed by atoms with Crippen molar-refractivity contribution in [1.82, 2.24) is 15.5 Å². The largest absolute Gasteiger partial charge is 0.492 e. The zero-order valence-corrected chi connectivity index (χ0v) is 19.1. The number of amides is 1. The summed E-state index contributed by atoms with van der Waals surface area (Å²) in [6, 6.07) is 7.83. The Kier molecular flexibility index (Phi) is 9.36. The second kappa shape index (κ2) is 11.1. The van der Waals surface area contributed by atoms with E-state index in [0.717, 1.165) is 75.6 Å². The standard InChI is InChI=1S/C21H30ClN3O2.2ClH/c22-16-1-3-18(4-2-16)27-14-13-25-11-5-17(6-12-25)24-20(26)19-15-21(19)7-9-23-10-8-21;;/h1-4,17,19,23H,5-15H2,(H,24,26);2*1H. The van der Waals surface area contributed by atoms with Crippen LogP contribution in [0.3, 0.4) is 0 Å². The summed E-state index contributed by atoms with van der Waals surface area (Å²) < 4.78 is 5.78. The van der Waals surface area contributed by atoms with Crippen LogP contribution in [0.25, 0.3) is 0 Å². The van der Waals surface area contributed by atoms with Gasteiger partial charge in [-0.3, -0.25) is 9.69 Å². The van der Waals surface area contributed by atoms with E-state index >= 15 is 0 Å². The van der Waals surface area contributed by atoms with Crippen molar-refractivity contribution in [3.8, 4) is 5.75 Å². The molecule has 4 rings (SSSR count). The van der Waals surface area contributed by atoms with E-state index in [0.29, 0.717) is 24.0 Å². The highest BCUT2D eigenvalue weighted by atomic mass is 35.5. The number of nitrogens with zero attached hydrogens (tertiary/aromatic N) is 1. The zero-order chi connectivity index (χ0) is 18.7. The van der Waals surface area contributed by atoms with Crippen molar-refractivity contribution < 1.29 is 9.53 Å². The third-order valence-electron chi connectivity index (χ3n) is 6.53. The summed E-state index contributed by atoms with van der Waals surface area (Å²) in [6.45, 7) is 5.78. The second-order valence-electron chi connectivity index (χ2n) is 8.30. The molecule has 8 heteroatoms. The Morgan fingerprint density at radius 3 is 2.48 bits per heavy atom. The molecule has 164 valence electrons. The first-order valence-corrected chi connectivity index (χ1v) is 10.6. The summed E-state index contributed by atoms with van der Waals surface area (Å²) in [5, 5.41) is 7.46. The highest BCUT2D eigenvalue weighted by Crippen LogP contribution is 2.58. The highest BCUT2D eigenvalue weighted by Gasteiger charge is 2.57. The molecule has 2 heterocycles. The van der Waals surface area contributed by atoms with Gasteiger partial charge in [-0.2, -0.15) is 0 Å². The Bertz CT molecular complexity index is 645. The monoisotopic (exact) mass is 463 g/mol. The van der Waals surface area contributed by atoms with Crippen LogP contribution >= 0.6 is 36.4 Å². The van der Waals surface area contributed by atoms with Crippen LogP contribution in [-0.2, 0) is 4.79 Å². The Morgan fingerprint density at radius 1 is 1.17 bits per heavy atom. The lowest BCUT2D eigenvalue weighted by atomic mass is 9.91. The van der Waals surface area contributed by atoms with Crippen LogP contribution < -0.4 is 15.4 Å². The first-order chi connectivity index (χ1) is 13.1. The molecule has 2 N–H and O–H groups in total. The lowest BCUT2D eigenvalue weighted by Gasteiger charge is -2.32. The number of hydrogen-bond donors (Lipinski definition) is 2. The van der Waals surface area contributed by atoms with Gasteiger partial charge in [-0.25, -0.2) is 0 Å². The van der Waals surface area contributed by atoms with E-state index in [1.165, 1.54) is 0 Å². The van der Waals surface area contributed by atoms with E-state index in [1.807, 2.05) is 24.3 Å². The van der Waals surface area contributed by atoms with E-state index in [9.17, 15) is 4.79 Å². The van der Waals surface area contributed by atoms with Crippen LogP contribution in [0.1, 0.15) is 32.1 Å². The van der Waals surface area contributed by atoms with Gasteiger partial charge in [-0.1, -0.05) is 11.6 Å². The van der Waals surface area contributed by atoms with Crippen LogP contribution in [0.5, 0.6) is 5.75 Å². The molecular formula is C21H32Cl3N3O2. The number of halogens is 3. The number of carbonyl (C=O) groups excluding carboxylic acids is 1. The molecule has 1 aromatic carbocycles. The average Bonchev–Trinajstić information content (AvgIpc) is 3.38. The Morgan fingerprint density at radius 2 is 1.83 bits per heavy atom. The van der Waals surface area contributed by atoms with Gasteiger partial charge in [0, 0.05) is 36.6 Å². The second-order valence-corrected chi connectivity index (χ2v) is 8.73. The maximum Gasteiger partial charge on any atom is 0.223 e. The number of carbonyl (C=O) groups is 1. The van der Waals surface area contributed by atoms with E-state index in [4.69, 9.17) is 16.3 Å². The van der Waals surface area contributed by atoms with Gasteiger partial charge in [0.2, 0.25) is 5.91 Å². The number of rotatable bonds is 6. The van der Waals surface area contributed by atoms with Gasteiger partial charge in [0.15, 0.2) is 0 Å². The fourth-order valence-corrected chi connectivity index (χ4v) is 4.75. The highest BCUT2D eigenvalue weighted by molar-refractivity contribution is 6.30. The predicted octanol–water partition coefficient (Wildman–Crippen LogP) is 3.53. The summed E-state index contributed by atoms with van der Waals surface area (Å²) >= 11 is 5.89. The molecule has 1 unspecified atom stereocenters. The quantitative estimate of drug-likeness (QED) is 0.676. The van der Waals surface area contributed by atoms with Crippen LogP contribution in [0.4, 0.5) is 0 Å². The zero-order valence-electron chi connectivity index (χ0n) is 16.7. The minimum Gasteiger partial charge on any atom is -0.492 e. The Balaban J connectivity index is 0.00000150. The lowest BCUT2D eigenvalue weighted by Crippen LogP contribution is -2.46. The topological polar surface area (TPSA) is 53.6 Å². The normalized spacial score (nSPS) is 23.6. The SMILES string of the molecule is Cl.Cl.O=C(NC1CCN(CCOc2ccc(Cl)cc2)CC1)C1CC12CCNCC2. The van der Waals surface area contributed by atoms with Crippen molar-refractivity contribution in [3.63, 3.8) is 0 Å². The van der Waals surface area contributed by atoms with Crippen molar-refractivity contribution in [3.05, 3.63) is 29.3 Å². The van der Waals surface area contributed by atoms with Gasteiger partial charge in [0.1, 0.15) is 12.4 Å². The molecule has 1 atom stereocenters. The third-order valence-corrected chi connectivity index (χ3v) is 6.78. The maximum atomic E-state index is 12.6. The molecule has 0 aromatic heterocycles. The lowest BCUT2D eigenvalue weighted by molar-refractivity contribution is -0.124. The van der Waals surface area contributed by atoms with E-state index in [1.54, 1.807) is 0 Å². The number of ether oxygens (including phenoxy) is 1. The molecule has 1 amide bonds. The van der Waals surface area contributed by atoms with Gasteiger partial charge in [-0.05, 0) is 74.9 Å². The van der Waals surface area contributed by atoms with Crippen molar-refractivity contribution in [2.24, 2.45) is 11.3 Å². The molecule has 3 aliphatic rings. The van der Waals surface area contributed by atoms with Crippen molar-refractivity contribution in [2.45, 2.75) is 38.1 Å². The molecule has 3 fully saturated rings. The maximum absolute atomic E-state index is 12.6. The molecule has 1 aliphatic carbocycles. The minimum absolute atomic E-state index is 0. The Hall–Kier alpha value is -0.720. The summed E-state index contributed by atoms with van der Waals surface area (Å²) in [7, 11) is 0. The fourth-order valence-electron chi connectivity index (χ4n) is 4.62. The van der Waals surface area contributed by atoms with Crippen LogP contribution in [-0.4, -0.2) is 56.2 Å². The van der Waals surface area contributed by atoms with Gasteiger partial charge in [0.25, 0.3) is 0 Å². The molecule has 1 spiro atoms. The number of hydrogen-bond acceptors (Lipinski definition) is 4. The Labute approximate surface area is 191 Å². The summed E-state index contributed by atoms with van der Waals surface area (Å²) in [4.78, 5) is 15.0. The number of likely N-dealkylation sites (tertiary alicyclic amines) is 1. The first-order valence-electron chi connectivity index (χ1n) is 10.3. The van der Waals surface area contributed by atoms with Crippen LogP contribution in [0.15, 0.2) is 24.3 Å². The van der Waals surface area contributed by atoms with Gasteiger partial charge < -0.3 is 15.4 Å². The molecule has 5 nitrogen and oxygen atoms in total. The molecule has 2 aliphatic heterocycles. The van der Waals surface area contributed by atoms with Crippen molar-refractivity contribution in [1.29, 1.82) is 0 Å². The molecule has 0 radical (unpaired) electrons. The summed E-state index contributed by atoms with van der Waals surface area (Å²) in [5.41, 5.74) is 0.328. The van der Waals surface area contributed by atoms with Gasteiger partial charge in [0.05, 0.1) is 0 Å². The molecule has 2 saturated heterocycles. The van der Waals surface area contributed by atoms with Gasteiger partial charge >= 0.3 is 0 Å². The van der Waals surface area contributed by atoms with Crippen molar-refractivity contribution >= 4 is 42.3 Å². The van der Waals surface area contributed by atoms with E-state index in [-0.39, 0.29) is 30.7 Å². The van der Waals surface area contributed by atoms with Crippen LogP contribution in [0.2, 0.25) is 5.02 Å². The van der Waals surface area contributed by atoms with Crippen molar-refractivity contribution in [2.75, 3.05) is 39.3 Å².